The van der Waals surface area contributed by atoms with E-state index in [0.29, 0.717) is 5.56 Å². The number of hydrogen-bond donors (Lipinski definition) is 1. The van der Waals surface area contributed by atoms with Crippen LogP contribution in [0.25, 0.3) is 0 Å². The van der Waals surface area contributed by atoms with Crippen LogP contribution in [0.4, 0.5) is 5.69 Å². The van der Waals surface area contributed by atoms with Gasteiger partial charge >= 0.3 is 5.69 Å². The van der Waals surface area contributed by atoms with Crippen LogP contribution in [0.3, 0.4) is 0 Å². The normalized spacial score (nSPS) is 22.0. The Balaban J connectivity index is 2.32. The number of nitrogens with one attached hydrogen (secondary N) is 1. The van der Waals surface area contributed by atoms with Crippen LogP contribution < -0.4 is 10.1 Å². The molecule has 1 saturated heterocycles. The summed E-state index contributed by atoms with van der Waals surface area (Å²) in [5, 5.41) is 14.1. The molecule has 2 rings (SSSR count). The summed E-state index contributed by atoms with van der Waals surface area (Å²) in [6.07, 6.45) is 0. The van der Waals surface area contributed by atoms with Gasteiger partial charge in [0.2, 0.25) is 0 Å². The average molecular weight is 293 g/mol. The number of rotatable bonds is 3. The van der Waals surface area contributed by atoms with E-state index in [1.54, 1.807) is 4.90 Å². The molecular formula is C14H19N3O4. The second-order valence-corrected chi connectivity index (χ2v) is 5.21. The van der Waals surface area contributed by atoms with Crippen molar-refractivity contribution in [2.45, 2.75) is 25.9 Å². The molecule has 7 nitrogen and oxygen atoms in total. The summed E-state index contributed by atoms with van der Waals surface area (Å²) in [5.74, 6) is -0.0361. The van der Waals surface area contributed by atoms with E-state index < -0.39 is 4.92 Å². The number of amides is 1. The number of nitro groups is 1. The molecule has 1 amide bonds. The summed E-state index contributed by atoms with van der Waals surface area (Å²) in [4.78, 5) is 24.8. The van der Waals surface area contributed by atoms with Crippen LogP contribution in [0.1, 0.15) is 24.2 Å². The van der Waals surface area contributed by atoms with Gasteiger partial charge in [0.25, 0.3) is 5.91 Å². The molecule has 1 N–H and O–H groups in total. The second-order valence-electron chi connectivity index (χ2n) is 5.21. The van der Waals surface area contributed by atoms with Gasteiger partial charge in [0.1, 0.15) is 0 Å². The second kappa shape index (κ2) is 6.09. The van der Waals surface area contributed by atoms with Crippen molar-refractivity contribution >= 4 is 11.6 Å². The van der Waals surface area contributed by atoms with E-state index >= 15 is 0 Å². The number of nitro benzene ring substituents is 1. The van der Waals surface area contributed by atoms with Crippen LogP contribution in [0.2, 0.25) is 0 Å². The van der Waals surface area contributed by atoms with E-state index in [9.17, 15) is 14.9 Å². The third-order valence-electron chi connectivity index (χ3n) is 3.69. The SMILES string of the molecule is COc1cc(C(=O)N2C(C)CNCC2C)ccc1[N+](=O)[O-]. The summed E-state index contributed by atoms with van der Waals surface area (Å²) in [6.45, 7) is 5.42. The number of piperazine rings is 1. The van der Waals surface area contributed by atoms with Gasteiger partial charge in [0.05, 0.1) is 12.0 Å². The predicted octanol–water partition coefficient (Wildman–Crippen LogP) is 1.43. The first-order valence-corrected chi connectivity index (χ1v) is 6.81. The molecule has 0 aliphatic carbocycles. The third-order valence-corrected chi connectivity index (χ3v) is 3.69. The maximum atomic E-state index is 12.6. The maximum Gasteiger partial charge on any atom is 0.310 e. The van der Waals surface area contributed by atoms with E-state index in [1.807, 2.05) is 13.8 Å². The van der Waals surface area contributed by atoms with Gasteiger partial charge in [-0.25, -0.2) is 0 Å². The number of methoxy groups -OCH3 is 1. The van der Waals surface area contributed by atoms with Gasteiger partial charge in [0, 0.05) is 42.9 Å². The van der Waals surface area contributed by atoms with Gasteiger partial charge in [0.15, 0.2) is 5.75 Å². The Labute approximate surface area is 123 Å². The highest BCUT2D eigenvalue weighted by molar-refractivity contribution is 5.95. The Morgan fingerprint density at radius 1 is 1.38 bits per heavy atom. The van der Waals surface area contributed by atoms with Crippen molar-refractivity contribution in [2.24, 2.45) is 0 Å². The van der Waals surface area contributed by atoms with Crippen molar-refractivity contribution < 1.29 is 14.5 Å². The number of hydrogen-bond acceptors (Lipinski definition) is 5. The Morgan fingerprint density at radius 2 is 2.00 bits per heavy atom. The lowest BCUT2D eigenvalue weighted by Gasteiger charge is -2.39. The number of carbonyl (C=O) groups is 1. The van der Waals surface area contributed by atoms with Gasteiger partial charge in [-0.15, -0.1) is 0 Å². The Kier molecular flexibility index (Phi) is 4.42. The molecule has 0 aromatic heterocycles. The van der Waals surface area contributed by atoms with Crippen LogP contribution in [0, 0.1) is 10.1 Å². The number of benzene rings is 1. The minimum absolute atomic E-state index is 0.0717. The van der Waals surface area contributed by atoms with Gasteiger partial charge in [-0.05, 0) is 19.9 Å². The molecule has 1 aromatic rings. The molecular weight excluding hydrogens is 274 g/mol. The van der Waals surface area contributed by atoms with Crippen molar-refractivity contribution in [3.8, 4) is 5.75 Å². The van der Waals surface area contributed by atoms with Gasteiger partial charge in [-0.2, -0.15) is 0 Å². The largest absolute Gasteiger partial charge is 0.490 e. The van der Waals surface area contributed by atoms with Crippen LogP contribution in [0.5, 0.6) is 5.75 Å². The van der Waals surface area contributed by atoms with Crippen molar-refractivity contribution in [3.63, 3.8) is 0 Å². The summed E-state index contributed by atoms with van der Waals surface area (Å²) >= 11 is 0. The molecule has 1 fully saturated rings. The summed E-state index contributed by atoms with van der Waals surface area (Å²) in [5.41, 5.74) is 0.258. The molecule has 114 valence electrons. The summed E-state index contributed by atoms with van der Waals surface area (Å²) in [7, 11) is 1.35. The highest BCUT2D eigenvalue weighted by Gasteiger charge is 2.30. The van der Waals surface area contributed by atoms with Crippen LogP contribution in [0.15, 0.2) is 18.2 Å². The van der Waals surface area contributed by atoms with E-state index in [-0.39, 0.29) is 29.4 Å². The third kappa shape index (κ3) is 2.97. The zero-order valence-electron chi connectivity index (χ0n) is 12.3. The highest BCUT2D eigenvalue weighted by Crippen LogP contribution is 2.28. The van der Waals surface area contributed by atoms with Crippen molar-refractivity contribution in [1.29, 1.82) is 0 Å². The molecule has 21 heavy (non-hydrogen) atoms. The van der Waals surface area contributed by atoms with Crippen LogP contribution in [-0.2, 0) is 0 Å². The predicted molar refractivity (Wildman–Crippen MR) is 77.6 cm³/mol. The Bertz CT molecular complexity index is 551. The van der Waals surface area contributed by atoms with Crippen molar-refractivity contribution in [2.75, 3.05) is 20.2 Å². The van der Waals surface area contributed by atoms with Crippen molar-refractivity contribution in [3.05, 3.63) is 33.9 Å². The minimum atomic E-state index is -0.525. The van der Waals surface area contributed by atoms with Crippen molar-refractivity contribution in [1.82, 2.24) is 10.2 Å². The maximum absolute atomic E-state index is 12.6. The molecule has 0 bridgehead atoms. The van der Waals surface area contributed by atoms with E-state index in [4.69, 9.17) is 4.74 Å². The van der Waals surface area contributed by atoms with Gasteiger partial charge in [-0.1, -0.05) is 0 Å². The summed E-state index contributed by atoms with van der Waals surface area (Å²) < 4.78 is 5.01. The van der Waals surface area contributed by atoms with Gasteiger partial charge < -0.3 is 15.0 Å². The lowest BCUT2D eigenvalue weighted by Crippen LogP contribution is -2.57. The molecule has 1 aromatic carbocycles. The molecule has 0 radical (unpaired) electrons. The molecule has 1 aliphatic heterocycles. The Morgan fingerprint density at radius 3 is 2.52 bits per heavy atom. The zero-order valence-corrected chi connectivity index (χ0v) is 12.3. The first-order valence-electron chi connectivity index (χ1n) is 6.81. The van der Waals surface area contributed by atoms with Crippen LogP contribution >= 0.6 is 0 Å². The number of carbonyl (C=O) groups excluding carboxylic acids is 1. The van der Waals surface area contributed by atoms with E-state index in [2.05, 4.69) is 5.32 Å². The standard InChI is InChI=1S/C14H19N3O4/c1-9-7-15-8-10(2)16(9)14(18)11-4-5-12(17(19)20)13(6-11)21-3/h4-6,9-10,15H,7-8H2,1-3H3. The molecule has 0 saturated carbocycles. The zero-order chi connectivity index (χ0) is 15.6. The molecule has 1 heterocycles. The fraction of sp³-hybridized carbons (Fsp3) is 0.500. The monoisotopic (exact) mass is 293 g/mol. The molecule has 2 unspecified atom stereocenters. The number of ether oxygens (including phenoxy) is 1. The number of nitrogens with zero attached hydrogens (tertiary/aromatic N) is 2. The Hall–Kier alpha value is -2.15. The molecule has 2 atom stereocenters. The van der Waals surface area contributed by atoms with Crippen LogP contribution in [-0.4, -0.2) is 48.0 Å². The average Bonchev–Trinajstić information content (AvgIpc) is 2.46. The topological polar surface area (TPSA) is 84.7 Å². The first-order chi connectivity index (χ1) is 9.95. The van der Waals surface area contributed by atoms with Gasteiger partial charge in [-0.3, -0.25) is 14.9 Å². The fourth-order valence-electron chi connectivity index (χ4n) is 2.64. The fourth-order valence-corrected chi connectivity index (χ4v) is 2.64. The van der Waals surface area contributed by atoms with E-state index in [0.717, 1.165) is 13.1 Å². The lowest BCUT2D eigenvalue weighted by atomic mass is 10.1. The minimum Gasteiger partial charge on any atom is -0.490 e. The molecule has 1 aliphatic rings. The highest BCUT2D eigenvalue weighted by atomic mass is 16.6. The quantitative estimate of drug-likeness (QED) is 0.673. The summed E-state index contributed by atoms with van der Waals surface area (Å²) in [6, 6.07) is 4.36. The molecule has 7 heteroatoms. The first kappa shape index (κ1) is 15.2. The molecule has 0 spiro atoms. The lowest BCUT2D eigenvalue weighted by molar-refractivity contribution is -0.385. The van der Waals surface area contributed by atoms with E-state index in [1.165, 1.54) is 25.3 Å². The smallest absolute Gasteiger partial charge is 0.310 e.